The Hall–Kier alpha value is -1.35. The normalized spacial score (nSPS) is 15.1. The molecule has 0 amide bonds. The fourth-order valence-electron chi connectivity index (χ4n) is 3.21. The van der Waals surface area contributed by atoms with Gasteiger partial charge in [-0.1, -0.05) is 19.1 Å². The topological polar surface area (TPSA) is 47.0 Å². The first-order chi connectivity index (χ1) is 13.2. The van der Waals surface area contributed by atoms with Gasteiger partial charge >= 0.3 is 0 Å². The zero-order valence-electron chi connectivity index (χ0n) is 17.7. The molecular weight excluding hydrogens is 463 g/mol. The molecule has 0 radical (unpaired) electrons. The van der Waals surface area contributed by atoms with Gasteiger partial charge in [-0.05, 0) is 37.9 Å². The first kappa shape index (κ1) is 24.7. The number of hydrogen-bond acceptors (Lipinski definition) is 4. The molecule has 0 atom stereocenters. The Kier molecular flexibility index (Phi) is 12.1. The van der Waals surface area contributed by atoms with Gasteiger partial charge in [0.15, 0.2) is 5.96 Å². The molecule has 0 spiro atoms. The third-order valence-corrected chi connectivity index (χ3v) is 4.96. The first-order valence-corrected chi connectivity index (χ1v) is 10.2. The zero-order chi connectivity index (χ0) is 19.5. The summed E-state index contributed by atoms with van der Waals surface area (Å²) in [6.45, 7) is 16.1. The number of piperazine rings is 1. The maximum Gasteiger partial charge on any atom is 0.193 e. The van der Waals surface area contributed by atoms with Gasteiger partial charge in [0.25, 0.3) is 0 Å². The van der Waals surface area contributed by atoms with Crippen molar-refractivity contribution < 1.29 is 0 Å². The van der Waals surface area contributed by atoms with Gasteiger partial charge in [0.05, 0.1) is 6.54 Å². The lowest BCUT2D eigenvalue weighted by Gasteiger charge is -2.34. The third-order valence-electron chi connectivity index (χ3n) is 4.96. The molecule has 6 nitrogen and oxygen atoms in total. The zero-order valence-corrected chi connectivity index (χ0v) is 20.1. The van der Waals surface area contributed by atoms with Gasteiger partial charge in [-0.2, -0.15) is 0 Å². The van der Waals surface area contributed by atoms with Crippen LogP contribution in [-0.4, -0.2) is 73.6 Å². The molecule has 28 heavy (non-hydrogen) atoms. The molecular formula is C21H37IN6. The Labute approximate surface area is 188 Å². The summed E-state index contributed by atoms with van der Waals surface area (Å²) in [4.78, 5) is 16.5. The Morgan fingerprint density at radius 2 is 2.04 bits per heavy atom. The van der Waals surface area contributed by atoms with Crippen molar-refractivity contribution in [2.75, 3.05) is 57.8 Å². The standard InChI is InChI=1S/C21H36N6.HI/c1-5-8-9-12-25(4)21(22-6-2)24-18-19-10-11-20(23-17-19)27-15-13-26(7-3)14-16-27;/h5,10-11,17H,1,6-9,12-16,18H2,2-4H3,(H,22,24);1H. The number of guanidine groups is 1. The van der Waals surface area contributed by atoms with Gasteiger partial charge in [-0.15, -0.1) is 30.6 Å². The minimum Gasteiger partial charge on any atom is -0.357 e. The van der Waals surface area contributed by atoms with E-state index in [1.807, 2.05) is 12.3 Å². The van der Waals surface area contributed by atoms with E-state index in [-0.39, 0.29) is 24.0 Å². The summed E-state index contributed by atoms with van der Waals surface area (Å²) in [5.41, 5.74) is 1.14. The van der Waals surface area contributed by atoms with Crippen LogP contribution in [0.15, 0.2) is 36.0 Å². The number of halogens is 1. The second-order valence-corrected chi connectivity index (χ2v) is 6.97. The average Bonchev–Trinajstić information content (AvgIpc) is 2.71. The Morgan fingerprint density at radius 1 is 1.29 bits per heavy atom. The molecule has 0 aliphatic carbocycles. The quantitative estimate of drug-likeness (QED) is 0.186. The molecule has 1 aliphatic rings. The lowest BCUT2D eigenvalue weighted by atomic mass is 10.2. The highest BCUT2D eigenvalue weighted by molar-refractivity contribution is 14.0. The lowest BCUT2D eigenvalue weighted by Crippen LogP contribution is -2.46. The molecule has 2 heterocycles. The van der Waals surface area contributed by atoms with Crippen LogP contribution in [0.2, 0.25) is 0 Å². The molecule has 7 heteroatoms. The molecule has 1 aromatic heterocycles. The van der Waals surface area contributed by atoms with E-state index < -0.39 is 0 Å². The van der Waals surface area contributed by atoms with Crippen LogP contribution in [0.25, 0.3) is 0 Å². The minimum absolute atomic E-state index is 0. The summed E-state index contributed by atoms with van der Waals surface area (Å²) >= 11 is 0. The Bertz CT molecular complexity index is 581. The molecule has 0 saturated carbocycles. The number of hydrogen-bond donors (Lipinski definition) is 1. The molecule has 1 aliphatic heterocycles. The van der Waals surface area contributed by atoms with Crippen molar-refractivity contribution >= 4 is 35.8 Å². The fourth-order valence-corrected chi connectivity index (χ4v) is 3.21. The van der Waals surface area contributed by atoms with Crippen molar-refractivity contribution in [3.63, 3.8) is 0 Å². The summed E-state index contributed by atoms with van der Waals surface area (Å²) in [7, 11) is 2.09. The van der Waals surface area contributed by atoms with Gasteiger partial charge < -0.3 is 20.0 Å². The van der Waals surface area contributed by atoms with Crippen molar-refractivity contribution in [1.29, 1.82) is 0 Å². The predicted octanol–water partition coefficient (Wildman–Crippen LogP) is 3.21. The van der Waals surface area contributed by atoms with Gasteiger partial charge in [0.1, 0.15) is 5.82 Å². The average molecular weight is 500 g/mol. The minimum atomic E-state index is 0. The molecule has 0 aromatic carbocycles. The van der Waals surface area contributed by atoms with E-state index in [1.54, 1.807) is 0 Å². The molecule has 1 aromatic rings. The first-order valence-electron chi connectivity index (χ1n) is 10.2. The monoisotopic (exact) mass is 500 g/mol. The number of aromatic nitrogens is 1. The number of unbranched alkanes of at least 4 members (excludes halogenated alkanes) is 1. The summed E-state index contributed by atoms with van der Waals surface area (Å²) in [6, 6.07) is 4.28. The molecule has 0 bridgehead atoms. The van der Waals surface area contributed by atoms with E-state index in [4.69, 9.17) is 4.99 Å². The van der Waals surface area contributed by atoms with Crippen LogP contribution < -0.4 is 10.2 Å². The van der Waals surface area contributed by atoms with Gasteiger partial charge in [-0.25, -0.2) is 9.98 Å². The second-order valence-electron chi connectivity index (χ2n) is 6.97. The lowest BCUT2D eigenvalue weighted by molar-refractivity contribution is 0.270. The summed E-state index contributed by atoms with van der Waals surface area (Å²) in [5, 5.41) is 3.37. The maximum atomic E-state index is 4.77. The second kappa shape index (κ2) is 13.8. The summed E-state index contributed by atoms with van der Waals surface area (Å²) < 4.78 is 0. The van der Waals surface area contributed by atoms with Crippen LogP contribution in [0, 0.1) is 0 Å². The molecule has 1 N–H and O–H groups in total. The highest BCUT2D eigenvalue weighted by Gasteiger charge is 2.16. The number of anilines is 1. The fraction of sp³-hybridized carbons (Fsp3) is 0.619. The summed E-state index contributed by atoms with van der Waals surface area (Å²) in [5.74, 6) is 2.02. The molecule has 2 rings (SSSR count). The molecule has 1 fully saturated rings. The molecule has 0 unspecified atom stereocenters. The van der Waals surface area contributed by atoms with Gasteiger partial charge in [0, 0.05) is 52.5 Å². The number of likely N-dealkylation sites (N-methyl/N-ethyl adjacent to an activating group) is 1. The maximum absolute atomic E-state index is 4.77. The molecule has 158 valence electrons. The van der Waals surface area contributed by atoms with Crippen molar-refractivity contribution in [1.82, 2.24) is 20.1 Å². The van der Waals surface area contributed by atoms with Crippen LogP contribution in [0.3, 0.4) is 0 Å². The molecule has 1 saturated heterocycles. The van der Waals surface area contributed by atoms with E-state index in [0.29, 0.717) is 6.54 Å². The van der Waals surface area contributed by atoms with Crippen LogP contribution in [-0.2, 0) is 6.54 Å². The Morgan fingerprint density at radius 3 is 2.61 bits per heavy atom. The van der Waals surface area contributed by atoms with E-state index >= 15 is 0 Å². The van der Waals surface area contributed by atoms with E-state index in [0.717, 1.165) is 76.0 Å². The number of pyridine rings is 1. The van der Waals surface area contributed by atoms with Crippen molar-refractivity contribution in [3.8, 4) is 0 Å². The predicted molar refractivity (Wildman–Crippen MR) is 131 cm³/mol. The van der Waals surface area contributed by atoms with E-state index in [2.05, 4.69) is 64.6 Å². The van der Waals surface area contributed by atoms with Crippen LogP contribution in [0.4, 0.5) is 5.82 Å². The number of allylic oxidation sites excluding steroid dienone is 1. The van der Waals surface area contributed by atoms with Crippen molar-refractivity contribution in [3.05, 3.63) is 36.5 Å². The van der Waals surface area contributed by atoms with Gasteiger partial charge in [0.2, 0.25) is 0 Å². The van der Waals surface area contributed by atoms with E-state index in [9.17, 15) is 0 Å². The third kappa shape index (κ3) is 7.95. The van der Waals surface area contributed by atoms with Crippen molar-refractivity contribution in [2.24, 2.45) is 4.99 Å². The summed E-state index contributed by atoms with van der Waals surface area (Å²) in [6.07, 6.45) is 6.05. The number of aliphatic imine (C=N–C) groups is 1. The number of nitrogens with zero attached hydrogens (tertiary/aromatic N) is 5. The highest BCUT2D eigenvalue weighted by atomic mass is 127. The SMILES string of the molecule is C=CCCCN(C)C(=NCc1ccc(N2CCN(CC)CC2)nc1)NCC.I. The van der Waals surface area contributed by atoms with E-state index in [1.165, 1.54) is 0 Å². The Balaban J connectivity index is 0.00000392. The van der Waals surface area contributed by atoms with Crippen LogP contribution >= 0.6 is 24.0 Å². The number of rotatable bonds is 9. The highest BCUT2D eigenvalue weighted by Crippen LogP contribution is 2.14. The van der Waals surface area contributed by atoms with Gasteiger partial charge in [-0.3, -0.25) is 0 Å². The van der Waals surface area contributed by atoms with Crippen LogP contribution in [0.5, 0.6) is 0 Å². The smallest absolute Gasteiger partial charge is 0.193 e. The van der Waals surface area contributed by atoms with Crippen LogP contribution in [0.1, 0.15) is 32.3 Å². The van der Waals surface area contributed by atoms with Crippen molar-refractivity contribution in [2.45, 2.75) is 33.2 Å². The largest absolute Gasteiger partial charge is 0.357 e. The number of nitrogens with one attached hydrogen (secondary N) is 1.